The number of piperidine rings is 1. The van der Waals surface area contributed by atoms with Gasteiger partial charge >= 0.3 is 4.87 Å². The van der Waals surface area contributed by atoms with Crippen molar-refractivity contribution in [2.45, 2.75) is 31.3 Å². The van der Waals surface area contributed by atoms with Gasteiger partial charge in [-0.2, -0.15) is 0 Å². The van der Waals surface area contributed by atoms with Crippen molar-refractivity contribution in [2.75, 3.05) is 0 Å². The molecule has 2 heterocycles. The molecule has 2 N–H and O–H groups in total. The minimum atomic E-state index is 0.0690. The van der Waals surface area contributed by atoms with E-state index in [1.54, 1.807) is 0 Å². The summed E-state index contributed by atoms with van der Waals surface area (Å²) in [6, 6.07) is 1.14. The van der Waals surface area contributed by atoms with Crippen LogP contribution in [-0.2, 0) is 0 Å². The summed E-state index contributed by atoms with van der Waals surface area (Å²) < 4.78 is 0. The van der Waals surface area contributed by atoms with E-state index < -0.39 is 0 Å². The predicted molar refractivity (Wildman–Crippen MR) is 51.9 cm³/mol. The van der Waals surface area contributed by atoms with Gasteiger partial charge in [0.2, 0.25) is 0 Å². The Morgan fingerprint density at radius 3 is 2.92 bits per heavy atom. The average Bonchev–Trinajstić information content (AvgIpc) is 2.77. The molecule has 0 aromatic carbocycles. The molecule has 1 saturated carbocycles. The Labute approximate surface area is 80.2 Å². The predicted octanol–water partition coefficient (Wildman–Crippen LogP) is 1.25. The van der Waals surface area contributed by atoms with E-state index in [2.05, 4.69) is 10.3 Å². The van der Waals surface area contributed by atoms with Crippen LogP contribution in [-0.4, -0.2) is 11.0 Å². The molecule has 1 aromatic heterocycles. The van der Waals surface area contributed by atoms with Gasteiger partial charge < -0.3 is 10.3 Å². The third kappa shape index (κ3) is 1.16. The van der Waals surface area contributed by atoms with Gasteiger partial charge in [0.1, 0.15) is 0 Å². The van der Waals surface area contributed by atoms with Crippen molar-refractivity contribution >= 4 is 11.3 Å². The van der Waals surface area contributed by atoms with Gasteiger partial charge in [-0.3, -0.25) is 4.79 Å². The largest absolute Gasteiger partial charge is 0.315 e. The van der Waals surface area contributed by atoms with Crippen LogP contribution in [0.3, 0.4) is 0 Å². The smallest absolute Gasteiger partial charge is 0.304 e. The normalized spacial score (nSPS) is 37.1. The van der Waals surface area contributed by atoms with Crippen molar-refractivity contribution in [1.29, 1.82) is 0 Å². The highest BCUT2D eigenvalue weighted by Gasteiger charge is 2.40. The van der Waals surface area contributed by atoms with Crippen LogP contribution in [0.25, 0.3) is 0 Å². The lowest BCUT2D eigenvalue weighted by molar-refractivity contribution is 0.386. The second kappa shape index (κ2) is 2.69. The Hall–Kier alpha value is -0.610. The van der Waals surface area contributed by atoms with Crippen molar-refractivity contribution in [2.24, 2.45) is 5.92 Å². The number of hydrogen-bond donors (Lipinski definition) is 2. The molecule has 70 valence electrons. The lowest BCUT2D eigenvalue weighted by Gasteiger charge is -2.21. The SMILES string of the molecule is O=c1[nH]c(C2NC3CCC2C3)cs1. The standard InChI is InChI=1S/C9H12N2OS/c12-9-11-7(4-13-9)8-5-1-2-6(3-5)10-8/h4-6,8,10H,1-3H2,(H,11,12). The zero-order valence-corrected chi connectivity index (χ0v) is 8.06. The van der Waals surface area contributed by atoms with Crippen LogP contribution < -0.4 is 10.2 Å². The number of nitrogens with one attached hydrogen (secondary N) is 2. The number of rotatable bonds is 1. The number of aromatic amines is 1. The number of thiazole rings is 1. The fourth-order valence-electron chi connectivity index (χ4n) is 2.65. The number of fused-ring (bicyclic) bond motifs is 2. The summed E-state index contributed by atoms with van der Waals surface area (Å²) in [5.41, 5.74) is 1.10. The fourth-order valence-corrected chi connectivity index (χ4v) is 3.27. The number of hydrogen-bond acceptors (Lipinski definition) is 3. The molecule has 2 fully saturated rings. The van der Waals surface area contributed by atoms with Crippen LogP contribution in [0, 0.1) is 5.92 Å². The second-order valence-corrected chi connectivity index (χ2v) is 4.86. The first-order valence-electron chi connectivity index (χ1n) is 4.76. The molecule has 0 radical (unpaired) electrons. The van der Waals surface area contributed by atoms with Crippen LogP contribution >= 0.6 is 11.3 Å². The third-order valence-corrected chi connectivity index (χ3v) is 3.92. The second-order valence-electron chi connectivity index (χ2n) is 4.02. The maximum Gasteiger partial charge on any atom is 0.304 e. The monoisotopic (exact) mass is 196 g/mol. The first-order chi connectivity index (χ1) is 6.33. The van der Waals surface area contributed by atoms with E-state index in [9.17, 15) is 4.79 Å². The molecule has 4 heteroatoms. The Balaban J connectivity index is 1.91. The molecule has 0 amide bonds. The van der Waals surface area contributed by atoms with E-state index in [0.717, 1.165) is 11.6 Å². The van der Waals surface area contributed by atoms with E-state index in [-0.39, 0.29) is 4.87 Å². The van der Waals surface area contributed by atoms with E-state index in [4.69, 9.17) is 0 Å². The third-order valence-electron chi connectivity index (χ3n) is 3.23. The molecule has 3 nitrogen and oxygen atoms in total. The van der Waals surface area contributed by atoms with Crippen LogP contribution in [0.1, 0.15) is 31.0 Å². The zero-order valence-electron chi connectivity index (χ0n) is 7.25. The topological polar surface area (TPSA) is 44.9 Å². The van der Waals surface area contributed by atoms with Gasteiger partial charge in [-0.1, -0.05) is 11.3 Å². The van der Waals surface area contributed by atoms with Gasteiger partial charge in [0.05, 0.1) is 6.04 Å². The molecule has 2 aliphatic rings. The van der Waals surface area contributed by atoms with Crippen LogP contribution in [0.15, 0.2) is 10.2 Å². The minimum Gasteiger partial charge on any atom is -0.315 e. The molecule has 3 unspecified atom stereocenters. The first kappa shape index (κ1) is 7.76. The molecular weight excluding hydrogens is 184 g/mol. The highest BCUT2D eigenvalue weighted by atomic mass is 32.1. The molecule has 1 saturated heterocycles. The van der Waals surface area contributed by atoms with E-state index in [1.807, 2.05) is 5.38 Å². The lowest BCUT2D eigenvalue weighted by Crippen LogP contribution is -2.29. The van der Waals surface area contributed by atoms with Crippen LogP contribution in [0.2, 0.25) is 0 Å². The van der Waals surface area contributed by atoms with Gasteiger partial charge in [-0.25, -0.2) is 0 Å². The summed E-state index contributed by atoms with van der Waals surface area (Å²) in [5.74, 6) is 0.759. The molecular formula is C9H12N2OS. The number of aromatic nitrogens is 1. The van der Waals surface area contributed by atoms with Crippen LogP contribution in [0.5, 0.6) is 0 Å². The van der Waals surface area contributed by atoms with Crippen molar-refractivity contribution in [3.05, 3.63) is 20.7 Å². The Morgan fingerprint density at radius 2 is 2.38 bits per heavy atom. The average molecular weight is 196 g/mol. The summed E-state index contributed by atoms with van der Waals surface area (Å²) in [7, 11) is 0. The molecule has 1 aliphatic carbocycles. The Morgan fingerprint density at radius 1 is 1.46 bits per heavy atom. The summed E-state index contributed by atoms with van der Waals surface area (Å²) in [4.78, 5) is 14.0. The maximum atomic E-state index is 11.0. The summed E-state index contributed by atoms with van der Waals surface area (Å²) in [6.07, 6.45) is 3.93. The summed E-state index contributed by atoms with van der Waals surface area (Å²) in [5, 5.41) is 5.52. The Kier molecular flexibility index (Phi) is 1.60. The van der Waals surface area contributed by atoms with Gasteiger partial charge in [0, 0.05) is 17.1 Å². The molecule has 1 aromatic rings. The maximum absolute atomic E-state index is 11.0. The molecule has 3 rings (SSSR count). The molecule has 13 heavy (non-hydrogen) atoms. The van der Waals surface area contributed by atoms with Crippen molar-refractivity contribution in [3.63, 3.8) is 0 Å². The first-order valence-corrected chi connectivity index (χ1v) is 5.64. The van der Waals surface area contributed by atoms with E-state index in [0.29, 0.717) is 12.1 Å². The van der Waals surface area contributed by atoms with Crippen LogP contribution in [0.4, 0.5) is 0 Å². The van der Waals surface area contributed by atoms with Gasteiger partial charge in [-0.05, 0) is 25.2 Å². The molecule has 0 spiro atoms. The molecule has 3 atom stereocenters. The minimum absolute atomic E-state index is 0.0690. The quantitative estimate of drug-likeness (QED) is 0.710. The highest BCUT2D eigenvalue weighted by Crippen LogP contribution is 2.42. The van der Waals surface area contributed by atoms with Crippen molar-refractivity contribution < 1.29 is 0 Å². The van der Waals surface area contributed by atoms with Crippen molar-refractivity contribution in [1.82, 2.24) is 10.3 Å². The lowest BCUT2D eigenvalue weighted by atomic mass is 9.98. The van der Waals surface area contributed by atoms with Gasteiger partial charge in [-0.15, -0.1) is 0 Å². The molecule has 2 bridgehead atoms. The highest BCUT2D eigenvalue weighted by molar-refractivity contribution is 7.07. The number of H-pyrrole nitrogens is 1. The molecule has 1 aliphatic heterocycles. The van der Waals surface area contributed by atoms with Gasteiger partial charge in [0.25, 0.3) is 0 Å². The zero-order chi connectivity index (χ0) is 8.84. The van der Waals surface area contributed by atoms with Gasteiger partial charge in [0.15, 0.2) is 0 Å². The summed E-state index contributed by atoms with van der Waals surface area (Å²) in [6.45, 7) is 0. The fraction of sp³-hybridized carbons (Fsp3) is 0.667. The van der Waals surface area contributed by atoms with E-state index >= 15 is 0 Å². The van der Waals surface area contributed by atoms with E-state index in [1.165, 1.54) is 30.6 Å². The summed E-state index contributed by atoms with van der Waals surface area (Å²) >= 11 is 1.27. The van der Waals surface area contributed by atoms with Crippen molar-refractivity contribution in [3.8, 4) is 0 Å². The Bertz CT molecular complexity index is 370.